The summed E-state index contributed by atoms with van der Waals surface area (Å²) in [5.74, 6) is 4.12. The van der Waals surface area contributed by atoms with E-state index in [4.69, 9.17) is 9.47 Å². The SMILES string of the molecule is CCCCCCCCCC1CCC(COc2ccc(-c3ncc(OCCCCCCCC)cn3)cc2C)CC1. The van der Waals surface area contributed by atoms with Crippen molar-refractivity contribution in [2.45, 2.75) is 136 Å². The summed E-state index contributed by atoms with van der Waals surface area (Å²) >= 11 is 0. The van der Waals surface area contributed by atoms with Gasteiger partial charge < -0.3 is 9.47 Å². The van der Waals surface area contributed by atoms with Crippen LogP contribution in [0.3, 0.4) is 0 Å². The van der Waals surface area contributed by atoms with Gasteiger partial charge in [0.05, 0.1) is 25.6 Å². The van der Waals surface area contributed by atoms with Crippen molar-refractivity contribution < 1.29 is 9.47 Å². The molecule has 4 nitrogen and oxygen atoms in total. The molecule has 0 radical (unpaired) electrons. The number of hydrogen-bond acceptors (Lipinski definition) is 4. The van der Waals surface area contributed by atoms with Crippen LogP contribution in [0.4, 0.5) is 0 Å². The monoisotopic (exact) mass is 536 g/mol. The molecule has 0 spiro atoms. The number of hydrogen-bond donors (Lipinski definition) is 0. The van der Waals surface area contributed by atoms with Crippen molar-refractivity contribution in [1.29, 1.82) is 0 Å². The van der Waals surface area contributed by atoms with Crippen LogP contribution in [0, 0.1) is 18.8 Å². The van der Waals surface area contributed by atoms with E-state index in [1.54, 1.807) is 12.4 Å². The Balaban J connectivity index is 1.32. The molecule has 1 aromatic carbocycles. The van der Waals surface area contributed by atoms with Crippen LogP contribution in [0.25, 0.3) is 11.4 Å². The summed E-state index contributed by atoms with van der Waals surface area (Å²) < 4.78 is 12.1. The van der Waals surface area contributed by atoms with Gasteiger partial charge >= 0.3 is 0 Å². The Morgan fingerprint density at radius 1 is 0.692 bits per heavy atom. The Morgan fingerprint density at radius 2 is 1.28 bits per heavy atom. The molecule has 1 aliphatic rings. The first-order chi connectivity index (χ1) is 19.2. The van der Waals surface area contributed by atoms with Crippen molar-refractivity contribution in [3.05, 3.63) is 36.2 Å². The van der Waals surface area contributed by atoms with Crippen molar-refractivity contribution in [2.75, 3.05) is 13.2 Å². The van der Waals surface area contributed by atoms with Crippen molar-refractivity contribution in [3.8, 4) is 22.9 Å². The van der Waals surface area contributed by atoms with Crippen LogP contribution in [-0.4, -0.2) is 23.2 Å². The lowest BCUT2D eigenvalue weighted by molar-refractivity contribution is 0.177. The first kappa shape index (κ1) is 31.4. The van der Waals surface area contributed by atoms with Gasteiger partial charge in [-0.25, -0.2) is 9.97 Å². The van der Waals surface area contributed by atoms with E-state index in [1.165, 1.54) is 109 Å². The normalized spacial score (nSPS) is 17.3. The number of benzene rings is 1. The van der Waals surface area contributed by atoms with Gasteiger partial charge in [-0.05, 0) is 61.8 Å². The van der Waals surface area contributed by atoms with E-state index in [1.807, 2.05) is 0 Å². The van der Waals surface area contributed by atoms with Gasteiger partial charge in [0.25, 0.3) is 0 Å². The Hall–Kier alpha value is -2.10. The van der Waals surface area contributed by atoms with E-state index in [-0.39, 0.29) is 0 Å². The molecule has 1 heterocycles. The highest BCUT2D eigenvalue weighted by Crippen LogP contribution is 2.33. The average molecular weight is 537 g/mol. The van der Waals surface area contributed by atoms with E-state index in [2.05, 4.69) is 48.9 Å². The number of aromatic nitrogens is 2. The van der Waals surface area contributed by atoms with E-state index >= 15 is 0 Å². The fourth-order valence-electron chi connectivity index (χ4n) is 5.85. The minimum absolute atomic E-state index is 0.696. The summed E-state index contributed by atoms with van der Waals surface area (Å²) in [6, 6.07) is 6.30. The molecule has 39 heavy (non-hydrogen) atoms. The second-order valence-corrected chi connectivity index (χ2v) is 11.9. The Bertz CT molecular complexity index is 890. The summed E-state index contributed by atoms with van der Waals surface area (Å²) in [5.41, 5.74) is 2.17. The van der Waals surface area contributed by atoms with Gasteiger partial charge in [0.15, 0.2) is 11.6 Å². The van der Waals surface area contributed by atoms with Gasteiger partial charge in [0, 0.05) is 5.56 Å². The van der Waals surface area contributed by atoms with Crippen molar-refractivity contribution in [2.24, 2.45) is 11.8 Å². The molecule has 0 N–H and O–H groups in total. The zero-order valence-corrected chi connectivity index (χ0v) is 25.4. The van der Waals surface area contributed by atoms with Gasteiger partial charge in [0.1, 0.15) is 5.75 Å². The number of nitrogens with zero attached hydrogens (tertiary/aromatic N) is 2. The molecule has 0 unspecified atom stereocenters. The molecule has 2 aromatic rings. The van der Waals surface area contributed by atoms with E-state index < -0.39 is 0 Å². The van der Waals surface area contributed by atoms with Crippen LogP contribution in [0.1, 0.15) is 135 Å². The number of ether oxygens (including phenoxy) is 2. The molecule has 0 atom stereocenters. The molecular weight excluding hydrogens is 480 g/mol. The number of unbranched alkanes of at least 4 members (excludes halogenated alkanes) is 11. The van der Waals surface area contributed by atoms with Crippen LogP contribution in [-0.2, 0) is 0 Å². The second kappa shape index (κ2) is 19.1. The minimum atomic E-state index is 0.696. The summed E-state index contributed by atoms with van der Waals surface area (Å²) in [4.78, 5) is 9.10. The van der Waals surface area contributed by atoms with E-state index in [9.17, 15) is 0 Å². The molecule has 0 amide bonds. The zero-order valence-electron chi connectivity index (χ0n) is 25.4. The van der Waals surface area contributed by atoms with E-state index in [0.29, 0.717) is 5.92 Å². The molecule has 1 saturated carbocycles. The van der Waals surface area contributed by atoms with Gasteiger partial charge in [-0.15, -0.1) is 0 Å². The highest BCUT2D eigenvalue weighted by molar-refractivity contribution is 5.58. The highest BCUT2D eigenvalue weighted by atomic mass is 16.5. The van der Waals surface area contributed by atoms with Crippen molar-refractivity contribution in [3.63, 3.8) is 0 Å². The van der Waals surface area contributed by atoms with Gasteiger partial charge in [0.2, 0.25) is 0 Å². The smallest absolute Gasteiger partial charge is 0.159 e. The van der Waals surface area contributed by atoms with Crippen LogP contribution in [0.15, 0.2) is 30.6 Å². The molecule has 1 fully saturated rings. The largest absolute Gasteiger partial charge is 0.493 e. The molecule has 1 aliphatic carbocycles. The number of aryl methyl sites for hydroxylation is 1. The topological polar surface area (TPSA) is 44.2 Å². The lowest BCUT2D eigenvalue weighted by Crippen LogP contribution is -2.20. The van der Waals surface area contributed by atoms with Crippen LogP contribution >= 0.6 is 0 Å². The summed E-state index contributed by atoms with van der Waals surface area (Å²) in [5, 5.41) is 0. The van der Waals surface area contributed by atoms with Crippen molar-refractivity contribution in [1.82, 2.24) is 9.97 Å². The third-order valence-corrected chi connectivity index (χ3v) is 8.48. The molecule has 218 valence electrons. The van der Waals surface area contributed by atoms with Crippen LogP contribution in [0.2, 0.25) is 0 Å². The second-order valence-electron chi connectivity index (χ2n) is 11.9. The number of rotatable bonds is 20. The van der Waals surface area contributed by atoms with Gasteiger partial charge in [-0.2, -0.15) is 0 Å². The summed E-state index contributed by atoms with van der Waals surface area (Å²) in [7, 11) is 0. The summed E-state index contributed by atoms with van der Waals surface area (Å²) in [6.07, 6.45) is 27.9. The lowest BCUT2D eigenvalue weighted by atomic mass is 9.80. The minimum Gasteiger partial charge on any atom is -0.493 e. The lowest BCUT2D eigenvalue weighted by Gasteiger charge is -2.28. The fraction of sp³-hybridized carbons (Fsp3) is 0.714. The maximum absolute atomic E-state index is 6.29. The van der Waals surface area contributed by atoms with E-state index in [0.717, 1.165) is 54.0 Å². The van der Waals surface area contributed by atoms with Crippen LogP contribution < -0.4 is 9.47 Å². The Kier molecular flexibility index (Phi) is 15.4. The highest BCUT2D eigenvalue weighted by Gasteiger charge is 2.21. The molecule has 3 rings (SSSR count). The predicted octanol–water partition coefficient (Wildman–Crippen LogP) is 10.5. The molecule has 0 aliphatic heterocycles. The first-order valence-electron chi connectivity index (χ1n) is 16.4. The van der Waals surface area contributed by atoms with Crippen LogP contribution in [0.5, 0.6) is 11.5 Å². The third-order valence-electron chi connectivity index (χ3n) is 8.48. The third kappa shape index (κ3) is 12.3. The molecule has 0 saturated heterocycles. The Labute approximate surface area is 239 Å². The molecule has 0 bridgehead atoms. The zero-order chi connectivity index (χ0) is 27.5. The quantitative estimate of drug-likeness (QED) is 0.158. The maximum Gasteiger partial charge on any atom is 0.159 e. The Morgan fingerprint density at radius 3 is 1.92 bits per heavy atom. The molecule has 1 aromatic heterocycles. The predicted molar refractivity (Wildman–Crippen MR) is 165 cm³/mol. The molecular formula is C35H56N2O2. The maximum atomic E-state index is 6.29. The standard InChI is InChI=1S/C35H56N2O2/c1-4-6-8-10-12-13-15-17-30-18-20-31(21-19-30)28-39-34-23-22-32(25-29(34)3)35-36-26-33(27-37-35)38-24-16-14-11-9-7-5-2/h22-23,25-27,30-31H,4-21,24,28H2,1-3H3. The van der Waals surface area contributed by atoms with Gasteiger partial charge in [-0.1, -0.05) is 110 Å². The average Bonchev–Trinajstić information content (AvgIpc) is 2.96. The van der Waals surface area contributed by atoms with Crippen molar-refractivity contribution >= 4 is 0 Å². The van der Waals surface area contributed by atoms with Gasteiger partial charge in [-0.3, -0.25) is 0 Å². The summed E-state index contributed by atoms with van der Waals surface area (Å²) in [6.45, 7) is 8.24. The first-order valence-corrected chi connectivity index (χ1v) is 16.4. The fourth-order valence-corrected chi connectivity index (χ4v) is 5.85. The molecule has 4 heteroatoms.